The van der Waals surface area contributed by atoms with Crippen molar-refractivity contribution < 1.29 is 0 Å². The Morgan fingerprint density at radius 3 is 1.70 bits per heavy atom. The third kappa shape index (κ3) is 5.23. The van der Waals surface area contributed by atoms with Crippen molar-refractivity contribution in [3.63, 3.8) is 0 Å². The largest absolute Gasteiger partial charge is 0.338 e. The molecule has 3 nitrogen and oxygen atoms in total. The number of benzene rings is 6. The minimum atomic E-state index is 0.157. The van der Waals surface area contributed by atoms with Crippen LogP contribution < -0.4 is 4.90 Å². The summed E-state index contributed by atoms with van der Waals surface area (Å²) in [4.78, 5) is 2.62. The van der Waals surface area contributed by atoms with Crippen LogP contribution >= 0.6 is 0 Å². The second kappa shape index (κ2) is 12.4. The molecule has 0 spiro atoms. The van der Waals surface area contributed by atoms with Gasteiger partial charge in [-0.2, -0.15) is 0 Å². The van der Waals surface area contributed by atoms with Crippen molar-refractivity contribution in [2.45, 2.75) is 86.1 Å². The Morgan fingerprint density at radius 1 is 0.547 bits per heavy atom. The molecule has 1 unspecified atom stereocenters. The van der Waals surface area contributed by atoms with Gasteiger partial charge in [-0.05, 0) is 141 Å². The third-order valence-corrected chi connectivity index (χ3v) is 12.8. The van der Waals surface area contributed by atoms with Crippen molar-refractivity contribution >= 4 is 55.0 Å². The van der Waals surface area contributed by atoms with E-state index >= 15 is 0 Å². The highest BCUT2D eigenvalue weighted by Gasteiger charge is 2.33. The van der Waals surface area contributed by atoms with Crippen molar-refractivity contribution in [1.29, 1.82) is 0 Å². The zero-order chi connectivity index (χ0) is 36.8. The van der Waals surface area contributed by atoms with Gasteiger partial charge >= 0.3 is 0 Å². The number of nitrogens with zero attached hydrogens (tertiary/aromatic N) is 3. The number of hydrogen-bond acceptors (Lipinski definition) is 1. The van der Waals surface area contributed by atoms with Crippen molar-refractivity contribution in [1.82, 2.24) is 9.13 Å². The Balaban J connectivity index is 1.31. The topological polar surface area (TPSA) is 13.1 Å². The monoisotopic (exact) mass is 693 g/mol. The van der Waals surface area contributed by atoms with E-state index in [1.165, 1.54) is 94.2 Å². The predicted molar refractivity (Wildman–Crippen MR) is 228 cm³/mol. The number of hydrogen-bond donors (Lipinski definition) is 0. The lowest BCUT2D eigenvalue weighted by Crippen LogP contribution is -2.32. The number of fused-ring (bicyclic) bond motifs is 7. The van der Waals surface area contributed by atoms with E-state index in [0.717, 1.165) is 19.3 Å². The summed E-state index contributed by atoms with van der Waals surface area (Å²) in [6, 6.07) is 44.9. The van der Waals surface area contributed by atoms with E-state index < -0.39 is 0 Å². The summed E-state index contributed by atoms with van der Waals surface area (Å²) in [5.41, 5.74) is 16.9. The predicted octanol–water partition coefficient (Wildman–Crippen LogP) is 13.6. The van der Waals surface area contributed by atoms with Crippen LogP contribution in [0.4, 0.5) is 11.4 Å². The Bertz CT molecular complexity index is 2700. The molecule has 266 valence electrons. The average Bonchev–Trinajstić information content (AvgIpc) is 3.81. The summed E-state index contributed by atoms with van der Waals surface area (Å²) in [6.07, 6.45) is 3.32. The van der Waals surface area contributed by atoms with E-state index in [4.69, 9.17) is 0 Å². The molecule has 1 atom stereocenters. The maximum atomic E-state index is 2.62. The molecule has 53 heavy (non-hydrogen) atoms. The lowest BCUT2D eigenvalue weighted by atomic mass is 9.77. The summed E-state index contributed by atoms with van der Waals surface area (Å²) < 4.78 is 4.95. The number of anilines is 2. The van der Waals surface area contributed by atoms with E-state index in [1.54, 1.807) is 0 Å². The van der Waals surface area contributed by atoms with Gasteiger partial charge in [-0.15, -0.1) is 0 Å². The highest BCUT2D eigenvalue weighted by Crippen LogP contribution is 2.45. The molecule has 0 aliphatic carbocycles. The van der Waals surface area contributed by atoms with Crippen LogP contribution in [0.3, 0.4) is 0 Å². The quantitative estimate of drug-likeness (QED) is 0.162. The van der Waals surface area contributed by atoms with Crippen molar-refractivity contribution in [2.75, 3.05) is 4.90 Å². The average molecular weight is 694 g/mol. The summed E-state index contributed by atoms with van der Waals surface area (Å²) in [7, 11) is 0. The summed E-state index contributed by atoms with van der Waals surface area (Å²) in [5, 5.41) is 5.21. The second-order valence-corrected chi connectivity index (χ2v) is 16.4. The molecule has 0 bridgehead atoms. The highest BCUT2D eigenvalue weighted by molar-refractivity contribution is 6.13. The molecule has 1 aliphatic heterocycles. The number of aromatic nitrogens is 2. The molecule has 6 aromatic carbocycles. The van der Waals surface area contributed by atoms with Crippen molar-refractivity contribution in [2.24, 2.45) is 5.92 Å². The Morgan fingerprint density at radius 2 is 1.04 bits per heavy atom. The summed E-state index contributed by atoms with van der Waals surface area (Å²) in [5.74, 6) is 0.519. The van der Waals surface area contributed by atoms with Crippen molar-refractivity contribution in [3.05, 3.63) is 143 Å². The molecule has 1 aliphatic rings. The first kappa shape index (κ1) is 33.5. The molecule has 8 aromatic rings. The Labute approximate surface area is 314 Å². The fraction of sp³-hybridized carbons (Fsp3) is 0.280. The maximum Gasteiger partial charge on any atom is 0.0542 e. The van der Waals surface area contributed by atoms with Crippen LogP contribution in [0.1, 0.15) is 75.3 Å². The van der Waals surface area contributed by atoms with E-state index in [-0.39, 0.29) is 5.41 Å². The van der Waals surface area contributed by atoms with Gasteiger partial charge in [0.2, 0.25) is 0 Å². The van der Waals surface area contributed by atoms with E-state index in [2.05, 4.69) is 185 Å². The van der Waals surface area contributed by atoms with Crippen LogP contribution in [0.2, 0.25) is 0 Å². The Kier molecular flexibility index (Phi) is 7.85. The van der Waals surface area contributed by atoms with Gasteiger partial charge in [-0.25, -0.2) is 0 Å². The van der Waals surface area contributed by atoms with Gasteiger partial charge < -0.3 is 14.0 Å². The zero-order valence-corrected chi connectivity index (χ0v) is 32.6. The fourth-order valence-electron chi connectivity index (χ4n) is 9.18. The Hall–Kier alpha value is -5.28. The summed E-state index contributed by atoms with van der Waals surface area (Å²) >= 11 is 0. The first-order chi connectivity index (χ1) is 25.6. The summed E-state index contributed by atoms with van der Waals surface area (Å²) in [6.45, 7) is 18.4. The van der Waals surface area contributed by atoms with Crippen LogP contribution in [0.15, 0.2) is 115 Å². The molecule has 0 saturated heterocycles. The normalized spacial score (nSPS) is 14.8. The van der Waals surface area contributed by atoms with Gasteiger partial charge in [-0.1, -0.05) is 87.7 Å². The van der Waals surface area contributed by atoms with Crippen LogP contribution in [-0.2, 0) is 11.8 Å². The van der Waals surface area contributed by atoms with E-state index in [1.807, 2.05) is 0 Å². The SMILES string of the molecule is CCC(C)(CC)c1ccc2c(c1)c1cc(C)ccc1n2-c1ccc2c(c1)c1cc(N3c4ccc(C)cc4CC3C(C)C)ccc1n2-c1ccc(C)cc1. The van der Waals surface area contributed by atoms with E-state index in [9.17, 15) is 0 Å². The minimum Gasteiger partial charge on any atom is -0.338 e. The molecule has 0 amide bonds. The maximum absolute atomic E-state index is 2.62. The molecular weight excluding hydrogens is 643 g/mol. The van der Waals surface area contributed by atoms with Crippen molar-refractivity contribution in [3.8, 4) is 11.4 Å². The van der Waals surface area contributed by atoms with Gasteiger partial charge in [0.05, 0.1) is 22.1 Å². The van der Waals surface area contributed by atoms with Crippen LogP contribution in [0.5, 0.6) is 0 Å². The van der Waals surface area contributed by atoms with E-state index in [0.29, 0.717) is 12.0 Å². The number of aryl methyl sites for hydroxylation is 3. The van der Waals surface area contributed by atoms with Gasteiger partial charge in [0.1, 0.15) is 0 Å². The minimum absolute atomic E-state index is 0.157. The second-order valence-electron chi connectivity index (χ2n) is 16.4. The molecule has 0 fully saturated rings. The molecule has 0 radical (unpaired) electrons. The van der Waals surface area contributed by atoms with Gasteiger partial charge in [0.25, 0.3) is 0 Å². The first-order valence-electron chi connectivity index (χ1n) is 19.7. The molecule has 9 rings (SSSR count). The van der Waals surface area contributed by atoms with Gasteiger partial charge in [0, 0.05) is 50.3 Å². The molecule has 2 aromatic heterocycles. The molecule has 0 saturated carbocycles. The fourth-order valence-corrected chi connectivity index (χ4v) is 9.18. The highest BCUT2D eigenvalue weighted by atomic mass is 15.2. The zero-order valence-electron chi connectivity index (χ0n) is 32.6. The molecular formula is C50H51N3. The first-order valence-corrected chi connectivity index (χ1v) is 19.7. The lowest BCUT2D eigenvalue weighted by Gasteiger charge is -2.30. The standard InChI is InChI=1S/C50H51N3/c1-9-50(8,10-2)36-15-22-46-41(28-36)40-26-34(7)14-21-45(40)53(46)39-19-24-48-43(30-39)42-29-38(18-23-47(42)51(48)37-16-11-32(5)12-17-37)52-44-20-13-33(6)25-35(44)27-49(52)31(3)4/h11-26,28-31,49H,9-10,27H2,1-8H3. The molecule has 3 heteroatoms. The van der Waals surface area contributed by atoms with Crippen LogP contribution in [0.25, 0.3) is 55.0 Å². The molecule has 0 N–H and O–H groups in total. The lowest BCUT2D eigenvalue weighted by molar-refractivity contribution is 0.439. The third-order valence-electron chi connectivity index (χ3n) is 12.8. The smallest absolute Gasteiger partial charge is 0.0542 e. The molecule has 3 heterocycles. The number of rotatable bonds is 7. The van der Waals surface area contributed by atoms with Gasteiger partial charge in [-0.3, -0.25) is 0 Å². The van der Waals surface area contributed by atoms with Gasteiger partial charge in [0.15, 0.2) is 0 Å². The van der Waals surface area contributed by atoms with Crippen LogP contribution in [-0.4, -0.2) is 15.2 Å². The van der Waals surface area contributed by atoms with Crippen LogP contribution in [0, 0.1) is 26.7 Å².